The summed E-state index contributed by atoms with van der Waals surface area (Å²) in [4.78, 5) is 17.2. The van der Waals surface area contributed by atoms with Crippen LogP contribution in [0.2, 0.25) is 0 Å². The van der Waals surface area contributed by atoms with E-state index in [-0.39, 0.29) is 18.5 Å². The van der Waals surface area contributed by atoms with Gasteiger partial charge >= 0.3 is 6.09 Å². The predicted molar refractivity (Wildman–Crippen MR) is 79.8 cm³/mol. The highest BCUT2D eigenvalue weighted by Gasteiger charge is 2.22. The van der Waals surface area contributed by atoms with E-state index < -0.39 is 0 Å². The van der Waals surface area contributed by atoms with Crippen molar-refractivity contribution >= 4 is 18.5 Å². The van der Waals surface area contributed by atoms with Gasteiger partial charge in [0.1, 0.15) is 0 Å². The van der Waals surface area contributed by atoms with Crippen LogP contribution in [0.3, 0.4) is 0 Å². The van der Waals surface area contributed by atoms with Gasteiger partial charge in [0.15, 0.2) is 0 Å². The molecule has 0 unspecified atom stereocenters. The fourth-order valence-electron chi connectivity index (χ4n) is 2.87. The average Bonchev–Trinajstić information content (AvgIpc) is 2.91. The van der Waals surface area contributed by atoms with Gasteiger partial charge in [0.2, 0.25) is 0 Å². The van der Waals surface area contributed by atoms with Gasteiger partial charge in [-0.25, -0.2) is 16.3 Å². The number of amides is 1. The Labute approximate surface area is 127 Å². The van der Waals surface area contributed by atoms with Gasteiger partial charge in [0.05, 0.1) is 6.61 Å². The van der Waals surface area contributed by atoms with Crippen LogP contribution in [0, 0.1) is 12.5 Å². The van der Waals surface area contributed by atoms with Crippen LogP contribution in [0.25, 0.3) is 4.85 Å². The van der Waals surface area contributed by atoms with Gasteiger partial charge in [-0.3, -0.25) is 4.85 Å². The topological polar surface area (TPSA) is 45.9 Å². The third kappa shape index (κ3) is 5.56. The summed E-state index contributed by atoms with van der Waals surface area (Å²) in [7, 11) is 0. The quantitative estimate of drug-likeness (QED) is 0.812. The van der Waals surface area contributed by atoms with Crippen LogP contribution in [-0.2, 0) is 4.74 Å². The van der Waals surface area contributed by atoms with Gasteiger partial charge in [-0.1, -0.05) is 12.8 Å². The molecule has 0 aromatic rings. The molecule has 1 amide bonds. The Morgan fingerprint density at radius 3 is 2.50 bits per heavy atom. The van der Waals surface area contributed by atoms with Gasteiger partial charge < -0.3 is 10.1 Å². The number of halogens is 1. The smallest absolute Gasteiger partial charge is 0.407 e. The number of hydrogen-bond acceptors (Lipinski definition) is 3. The van der Waals surface area contributed by atoms with E-state index in [9.17, 15) is 4.79 Å². The summed E-state index contributed by atoms with van der Waals surface area (Å²) in [5, 5.41) is 2.94. The predicted octanol–water partition coefficient (Wildman–Crippen LogP) is 2.67. The maximum Gasteiger partial charge on any atom is 0.407 e. The van der Waals surface area contributed by atoms with Crippen molar-refractivity contribution in [3.8, 4) is 0 Å². The van der Waals surface area contributed by atoms with Crippen molar-refractivity contribution in [1.29, 1.82) is 0 Å². The standard InChI is InChI=1S/C14H23N3O2.ClH/c1-15-11-17-8-6-12(7-9-17)10-19-14(18)16-13-4-2-3-5-13;/h12-13H,2-11H2,(H,16,18);1H. The highest BCUT2D eigenvalue weighted by molar-refractivity contribution is 5.85. The zero-order valence-corrected chi connectivity index (χ0v) is 12.7. The molecule has 1 saturated carbocycles. The summed E-state index contributed by atoms with van der Waals surface area (Å²) in [6.45, 7) is 9.74. The van der Waals surface area contributed by atoms with Crippen LogP contribution in [0.1, 0.15) is 38.5 Å². The van der Waals surface area contributed by atoms with Gasteiger partial charge in [-0.15, -0.1) is 12.4 Å². The number of rotatable bonds is 4. The number of carbonyl (C=O) groups is 1. The highest BCUT2D eigenvalue weighted by atomic mass is 35.5. The molecular formula is C14H24ClN3O2. The lowest BCUT2D eigenvalue weighted by Gasteiger charge is -2.28. The zero-order valence-electron chi connectivity index (χ0n) is 11.8. The van der Waals surface area contributed by atoms with Crippen LogP contribution < -0.4 is 5.32 Å². The lowest BCUT2D eigenvalue weighted by atomic mass is 9.98. The van der Waals surface area contributed by atoms with Crippen molar-refractivity contribution < 1.29 is 9.53 Å². The number of carbonyl (C=O) groups excluding carboxylic acids is 1. The molecule has 0 radical (unpaired) electrons. The Balaban J connectivity index is 0.00000200. The molecule has 0 spiro atoms. The number of nitrogens with one attached hydrogen (secondary N) is 1. The second-order valence-electron chi connectivity index (χ2n) is 5.59. The second kappa shape index (κ2) is 9.04. The van der Waals surface area contributed by atoms with Crippen molar-refractivity contribution in [2.24, 2.45) is 5.92 Å². The second-order valence-corrected chi connectivity index (χ2v) is 5.59. The van der Waals surface area contributed by atoms with Crippen LogP contribution in [0.5, 0.6) is 0 Å². The largest absolute Gasteiger partial charge is 0.449 e. The molecule has 2 aliphatic rings. The van der Waals surface area contributed by atoms with Crippen molar-refractivity contribution in [3.05, 3.63) is 11.4 Å². The van der Waals surface area contributed by atoms with Crippen LogP contribution in [0.4, 0.5) is 4.79 Å². The minimum Gasteiger partial charge on any atom is -0.449 e. The molecule has 2 rings (SSSR count). The molecule has 2 fully saturated rings. The molecule has 1 aliphatic heterocycles. The van der Waals surface area contributed by atoms with E-state index in [0.717, 1.165) is 38.8 Å². The fourth-order valence-corrected chi connectivity index (χ4v) is 2.87. The van der Waals surface area contributed by atoms with Crippen molar-refractivity contribution in [2.45, 2.75) is 44.6 Å². The lowest BCUT2D eigenvalue weighted by molar-refractivity contribution is 0.0971. The minimum atomic E-state index is -0.254. The van der Waals surface area contributed by atoms with Gasteiger partial charge in [0.25, 0.3) is 6.67 Å². The normalized spacial score (nSPS) is 20.9. The first-order valence-corrected chi connectivity index (χ1v) is 7.27. The molecule has 0 aromatic carbocycles. The van der Waals surface area contributed by atoms with Gasteiger partial charge in [-0.05, 0) is 31.6 Å². The molecule has 0 atom stereocenters. The Bertz CT molecular complexity index is 332. The first-order valence-electron chi connectivity index (χ1n) is 7.27. The third-order valence-corrected chi connectivity index (χ3v) is 4.11. The van der Waals surface area contributed by atoms with Gasteiger partial charge in [-0.2, -0.15) is 0 Å². The SMILES string of the molecule is Cl.[C-]#[N+]CN1CCC(COC(=O)NC2CCCC2)CC1. The first kappa shape index (κ1) is 17.1. The number of hydrogen-bond donors (Lipinski definition) is 1. The minimum absolute atomic E-state index is 0. The molecule has 5 nitrogen and oxygen atoms in total. The Morgan fingerprint density at radius 1 is 1.25 bits per heavy atom. The summed E-state index contributed by atoms with van der Waals surface area (Å²) < 4.78 is 5.31. The van der Waals surface area contributed by atoms with E-state index in [0.29, 0.717) is 25.2 Å². The van der Waals surface area contributed by atoms with E-state index >= 15 is 0 Å². The summed E-state index contributed by atoms with van der Waals surface area (Å²) in [6.07, 6.45) is 6.39. The highest BCUT2D eigenvalue weighted by Crippen LogP contribution is 2.19. The Kier molecular flexibility index (Phi) is 7.71. The molecule has 6 heteroatoms. The maximum atomic E-state index is 11.6. The molecule has 0 bridgehead atoms. The lowest BCUT2D eigenvalue weighted by Crippen LogP contribution is -2.37. The summed E-state index contributed by atoms with van der Waals surface area (Å²) >= 11 is 0. The van der Waals surface area contributed by atoms with Crippen molar-refractivity contribution in [1.82, 2.24) is 10.2 Å². The molecule has 1 aliphatic carbocycles. The van der Waals surface area contributed by atoms with E-state index in [2.05, 4.69) is 15.1 Å². The first-order chi connectivity index (χ1) is 9.28. The average molecular weight is 302 g/mol. The number of likely N-dealkylation sites (tertiary alicyclic amines) is 1. The number of nitrogens with zero attached hydrogens (tertiary/aromatic N) is 2. The molecule has 0 aromatic heterocycles. The Hall–Kier alpha value is -0.990. The number of piperidine rings is 1. The van der Waals surface area contributed by atoms with E-state index in [1.165, 1.54) is 12.8 Å². The molecule has 20 heavy (non-hydrogen) atoms. The molecule has 114 valence electrons. The van der Waals surface area contributed by atoms with Crippen LogP contribution in [-0.4, -0.2) is 43.4 Å². The van der Waals surface area contributed by atoms with E-state index in [1.807, 2.05) is 0 Å². The molecule has 1 saturated heterocycles. The summed E-state index contributed by atoms with van der Waals surface area (Å²) in [6, 6.07) is 0.327. The molecule has 1 N–H and O–H groups in total. The fraction of sp³-hybridized carbons (Fsp3) is 0.857. The van der Waals surface area contributed by atoms with Crippen LogP contribution >= 0.6 is 12.4 Å². The van der Waals surface area contributed by atoms with Crippen molar-refractivity contribution in [2.75, 3.05) is 26.4 Å². The zero-order chi connectivity index (χ0) is 13.5. The monoisotopic (exact) mass is 301 g/mol. The third-order valence-electron chi connectivity index (χ3n) is 4.11. The van der Waals surface area contributed by atoms with Gasteiger partial charge in [0, 0.05) is 19.1 Å². The van der Waals surface area contributed by atoms with Crippen LogP contribution in [0.15, 0.2) is 0 Å². The summed E-state index contributed by atoms with van der Waals surface area (Å²) in [5.74, 6) is 0.455. The molecule has 1 heterocycles. The maximum absolute atomic E-state index is 11.6. The number of alkyl carbamates (subject to hydrolysis) is 1. The van der Waals surface area contributed by atoms with Crippen molar-refractivity contribution in [3.63, 3.8) is 0 Å². The number of ether oxygens (including phenoxy) is 1. The Morgan fingerprint density at radius 2 is 1.90 bits per heavy atom. The van der Waals surface area contributed by atoms with E-state index in [4.69, 9.17) is 11.3 Å². The molecular weight excluding hydrogens is 278 g/mol. The summed E-state index contributed by atoms with van der Waals surface area (Å²) in [5.41, 5.74) is 0. The van der Waals surface area contributed by atoms with E-state index in [1.54, 1.807) is 0 Å².